The molecule has 3 nitrogen and oxygen atoms in total. The number of rotatable bonds is 3. The highest BCUT2D eigenvalue weighted by Gasteiger charge is 2.40. The Morgan fingerprint density at radius 3 is 3.00 bits per heavy atom. The Labute approximate surface area is 85.1 Å². The summed E-state index contributed by atoms with van der Waals surface area (Å²) in [6.45, 7) is 2.83. The summed E-state index contributed by atoms with van der Waals surface area (Å²) in [7, 11) is 0. The van der Waals surface area contributed by atoms with Crippen LogP contribution < -0.4 is 5.32 Å². The third kappa shape index (κ3) is 1.81. The fourth-order valence-corrected chi connectivity index (χ4v) is 2.53. The molecule has 1 aliphatic heterocycles. The fourth-order valence-electron chi connectivity index (χ4n) is 2.53. The number of fused-ring (bicyclic) bond motifs is 1. The van der Waals surface area contributed by atoms with Crippen molar-refractivity contribution in [1.29, 1.82) is 0 Å². The van der Waals surface area contributed by atoms with Crippen LogP contribution >= 0.6 is 0 Å². The van der Waals surface area contributed by atoms with E-state index in [1.807, 2.05) is 0 Å². The van der Waals surface area contributed by atoms with Gasteiger partial charge in [0.15, 0.2) is 0 Å². The summed E-state index contributed by atoms with van der Waals surface area (Å²) in [4.78, 5) is 0. The Hall–Kier alpha value is -0.120. The van der Waals surface area contributed by atoms with Crippen molar-refractivity contribution in [3.63, 3.8) is 0 Å². The molecule has 0 spiro atoms. The van der Waals surface area contributed by atoms with Gasteiger partial charge in [-0.15, -0.1) is 0 Å². The SMILES string of the molecule is C1CO[C@@H]2[C@H](CC[C@H]2OCC2CC2)N1. The van der Waals surface area contributed by atoms with Gasteiger partial charge in [-0.05, 0) is 31.6 Å². The van der Waals surface area contributed by atoms with Gasteiger partial charge in [-0.2, -0.15) is 0 Å². The second-order valence-corrected chi connectivity index (χ2v) is 4.79. The Morgan fingerprint density at radius 2 is 2.14 bits per heavy atom. The second-order valence-electron chi connectivity index (χ2n) is 4.79. The van der Waals surface area contributed by atoms with Gasteiger partial charge in [0, 0.05) is 19.2 Å². The van der Waals surface area contributed by atoms with Crippen molar-refractivity contribution >= 4 is 0 Å². The van der Waals surface area contributed by atoms with Crippen LogP contribution in [0, 0.1) is 5.92 Å². The highest BCUT2D eigenvalue weighted by atomic mass is 16.5. The van der Waals surface area contributed by atoms with Gasteiger partial charge in [0.2, 0.25) is 0 Å². The van der Waals surface area contributed by atoms with Gasteiger partial charge < -0.3 is 14.8 Å². The van der Waals surface area contributed by atoms with Crippen molar-refractivity contribution in [1.82, 2.24) is 5.32 Å². The summed E-state index contributed by atoms with van der Waals surface area (Å²) >= 11 is 0. The van der Waals surface area contributed by atoms with E-state index < -0.39 is 0 Å². The molecule has 1 N–H and O–H groups in total. The lowest BCUT2D eigenvalue weighted by Crippen LogP contribution is -2.49. The first kappa shape index (κ1) is 9.13. The molecule has 80 valence electrons. The highest BCUT2D eigenvalue weighted by Crippen LogP contribution is 2.32. The number of morpholine rings is 1. The minimum absolute atomic E-state index is 0.336. The van der Waals surface area contributed by atoms with Crippen molar-refractivity contribution in [2.45, 2.75) is 43.9 Å². The van der Waals surface area contributed by atoms with Crippen LogP contribution in [-0.2, 0) is 9.47 Å². The molecule has 2 aliphatic carbocycles. The first-order chi connectivity index (χ1) is 6.93. The van der Waals surface area contributed by atoms with Crippen LogP contribution in [0.5, 0.6) is 0 Å². The quantitative estimate of drug-likeness (QED) is 0.730. The maximum Gasteiger partial charge on any atom is 0.0989 e. The third-order valence-electron chi connectivity index (χ3n) is 3.59. The standard InChI is InChI=1S/C11H19NO2/c1-2-8(1)7-14-10-4-3-9-11(10)13-6-5-12-9/h8-12H,1-7H2/t9-,10+,11+/m0/s1. The molecule has 3 fully saturated rings. The van der Waals surface area contributed by atoms with Gasteiger partial charge >= 0.3 is 0 Å². The Kier molecular flexibility index (Phi) is 2.48. The van der Waals surface area contributed by atoms with E-state index in [0.29, 0.717) is 18.2 Å². The van der Waals surface area contributed by atoms with Gasteiger partial charge in [-0.25, -0.2) is 0 Å². The molecule has 1 saturated heterocycles. The molecule has 0 aromatic carbocycles. The zero-order valence-electron chi connectivity index (χ0n) is 8.58. The van der Waals surface area contributed by atoms with Crippen LogP contribution in [0.25, 0.3) is 0 Å². The van der Waals surface area contributed by atoms with Gasteiger partial charge in [-0.3, -0.25) is 0 Å². The van der Waals surface area contributed by atoms with E-state index in [4.69, 9.17) is 9.47 Å². The minimum atomic E-state index is 0.336. The van der Waals surface area contributed by atoms with Crippen LogP contribution in [-0.4, -0.2) is 38.0 Å². The van der Waals surface area contributed by atoms with E-state index >= 15 is 0 Å². The molecule has 3 aliphatic rings. The first-order valence-corrected chi connectivity index (χ1v) is 5.90. The van der Waals surface area contributed by atoms with Crippen molar-refractivity contribution in [3.8, 4) is 0 Å². The molecule has 3 rings (SSSR count). The summed E-state index contributed by atoms with van der Waals surface area (Å²) in [5, 5.41) is 3.51. The van der Waals surface area contributed by atoms with Gasteiger partial charge in [0.25, 0.3) is 0 Å². The summed E-state index contributed by atoms with van der Waals surface area (Å²) in [6, 6.07) is 0.563. The lowest BCUT2D eigenvalue weighted by Gasteiger charge is -2.30. The largest absolute Gasteiger partial charge is 0.375 e. The van der Waals surface area contributed by atoms with Crippen LogP contribution in [0.2, 0.25) is 0 Å². The Bertz CT molecular complexity index is 205. The molecule has 0 bridgehead atoms. The molecule has 3 heteroatoms. The molecule has 2 saturated carbocycles. The van der Waals surface area contributed by atoms with E-state index in [2.05, 4.69) is 5.32 Å². The zero-order chi connectivity index (χ0) is 9.38. The maximum atomic E-state index is 5.93. The summed E-state index contributed by atoms with van der Waals surface area (Å²) in [5.74, 6) is 0.866. The summed E-state index contributed by atoms with van der Waals surface area (Å²) in [5.41, 5.74) is 0. The van der Waals surface area contributed by atoms with E-state index in [1.54, 1.807) is 0 Å². The molecule has 0 aromatic rings. The molecule has 0 amide bonds. The normalized spacial score (nSPS) is 42.4. The predicted molar refractivity (Wildman–Crippen MR) is 53.2 cm³/mol. The van der Waals surface area contributed by atoms with Crippen molar-refractivity contribution < 1.29 is 9.47 Å². The van der Waals surface area contributed by atoms with E-state index in [0.717, 1.165) is 25.7 Å². The molecule has 3 atom stereocenters. The lowest BCUT2D eigenvalue weighted by atomic mass is 10.2. The Balaban J connectivity index is 1.52. The van der Waals surface area contributed by atoms with Crippen molar-refractivity contribution in [3.05, 3.63) is 0 Å². The topological polar surface area (TPSA) is 30.5 Å². The highest BCUT2D eigenvalue weighted by molar-refractivity contribution is 4.94. The fraction of sp³-hybridized carbons (Fsp3) is 1.00. The van der Waals surface area contributed by atoms with Crippen LogP contribution in [0.3, 0.4) is 0 Å². The zero-order valence-corrected chi connectivity index (χ0v) is 8.58. The van der Waals surface area contributed by atoms with Crippen LogP contribution in [0.4, 0.5) is 0 Å². The number of ether oxygens (including phenoxy) is 2. The maximum absolute atomic E-state index is 5.93. The van der Waals surface area contributed by atoms with E-state index in [-0.39, 0.29) is 0 Å². The van der Waals surface area contributed by atoms with Gasteiger partial charge in [0.05, 0.1) is 18.8 Å². The first-order valence-electron chi connectivity index (χ1n) is 5.90. The number of nitrogens with one attached hydrogen (secondary N) is 1. The summed E-state index contributed by atoms with van der Waals surface area (Å²) in [6.07, 6.45) is 5.85. The van der Waals surface area contributed by atoms with Gasteiger partial charge in [-0.1, -0.05) is 0 Å². The smallest absolute Gasteiger partial charge is 0.0989 e. The van der Waals surface area contributed by atoms with E-state index in [1.165, 1.54) is 25.7 Å². The monoisotopic (exact) mass is 197 g/mol. The van der Waals surface area contributed by atoms with E-state index in [9.17, 15) is 0 Å². The number of hydrogen-bond donors (Lipinski definition) is 1. The minimum Gasteiger partial charge on any atom is -0.375 e. The van der Waals surface area contributed by atoms with Crippen molar-refractivity contribution in [2.24, 2.45) is 5.92 Å². The van der Waals surface area contributed by atoms with Crippen molar-refractivity contribution in [2.75, 3.05) is 19.8 Å². The summed E-state index contributed by atoms with van der Waals surface area (Å²) < 4.78 is 11.7. The molecule has 0 radical (unpaired) electrons. The van der Waals surface area contributed by atoms with Gasteiger partial charge in [0.1, 0.15) is 0 Å². The van der Waals surface area contributed by atoms with Crippen LogP contribution in [0.1, 0.15) is 25.7 Å². The Morgan fingerprint density at radius 1 is 1.21 bits per heavy atom. The molecule has 14 heavy (non-hydrogen) atoms. The molecule has 1 heterocycles. The lowest BCUT2D eigenvalue weighted by molar-refractivity contribution is -0.0804. The number of hydrogen-bond acceptors (Lipinski definition) is 3. The molecular weight excluding hydrogens is 178 g/mol. The molecule has 0 aromatic heterocycles. The average molecular weight is 197 g/mol. The third-order valence-corrected chi connectivity index (χ3v) is 3.59. The average Bonchev–Trinajstić information content (AvgIpc) is 2.96. The van der Waals surface area contributed by atoms with Crippen LogP contribution in [0.15, 0.2) is 0 Å². The second kappa shape index (κ2) is 3.80. The molecular formula is C11H19NO2. The molecule has 0 unspecified atom stereocenters. The predicted octanol–water partition coefficient (Wildman–Crippen LogP) is 0.932.